The van der Waals surface area contributed by atoms with Crippen molar-refractivity contribution in [1.29, 1.82) is 0 Å². The molecule has 0 aliphatic carbocycles. The number of nitrogens with two attached hydrogens (primary N) is 1. The summed E-state index contributed by atoms with van der Waals surface area (Å²) in [4.78, 5) is 20.4. The average Bonchev–Trinajstić information content (AvgIpc) is 2.46. The monoisotopic (exact) mass is 285 g/mol. The maximum atomic E-state index is 10.7. The van der Waals surface area contributed by atoms with Gasteiger partial charge in [0.05, 0.1) is 9.85 Å². The molecule has 7 heteroatoms. The van der Waals surface area contributed by atoms with E-state index in [1.807, 2.05) is 0 Å². The number of hydrogen-bond acceptors (Lipinski definition) is 5. The fraction of sp³-hybridized carbons (Fsp3) is 0. The van der Waals surface area contributed by atoms with Gasteiger partial charge in [0, 0.05) is 35.5 Å². The first-order valence-corrected chi connectivity index (χ1v) is 5.94. The van der Waals surface area contributed by atoms with Crippen LogP contribution < -0.4 is 5.73 Å². The van der Waals surface area contributed by atoms with E-state index in [-0.39, 0.29) is 11.4 Å². The Labute approximate surface area is 119 Å². The van der Waals surface area contributed by atoms with E-state index >= 15 is 0 Å². The molecule has 0 heterocycles. The number of nitrogen functional groups attached to an aromatic ring is 1. The van der Waals surface area contributed by atoms with Gasteiger partial charge in [-0.2, -0.15) is 0 Å². The second kappa shape index (κ2) is 5.83. The molecule has 0 unspecified atom stereocenters. The molecule has 2 aromatic rings. The lowest BCUT2D eigenvalue weighted by atomic mass is 10.1. The Kier molecular flexibility index (Phi) is 3.94. The SMILES string of the molecule is Nc1ccc([N+](=O)[O-])cc1C=Cc1cccc([N+](=O)[O-])c1. The van der Waals surface area contributed by atoms with Gasteiger partial charge in [0.25, 0.3) is 11.4 Å². The summed E-state index contributed by atoms with van der Waals surface area (Å²) in [6.07, 6.45) is 3.20. The van der Waals surface area contributed by atoms with Crippen molar-refractivity contribution in [3.63, 3.8) is 0 Å². The predicted octanol–water partition coefficient (Wildman–Crippen LogP) is 3.26. The van der Waals surface area contributed by atoms with Gasteiger partial charge in [-0.25, -0.2) is 0 Å². The highest BCUT2D eigenvalue weighted by Gasteiger charge is 2.07. The number of nitro groups is 2. The smallest absolute Gasteiger partial charge is 0.270 e. The third-order valence-electron chi connectivity index (χ3n) is 2.82. The predicted molar refractivity (Wildman–Crippen MR) is 79.5 cm³/mol. The third kappa shape index (κ3) is 3.41. The summed E-state index contributed by atoms with van der Waals surface area (Å²) >= 11 is 0. The van der Waals surface area contributed by atoms with Gasteiger partial charge in [0.2, 0.25) is 0 Å². The molecule has 0 radical (unpaired) electrons. The minimum Gasteiger partial charge on any atom is -0.398 e. The quantitative estimate of drug-likeness (QED) is 0.401. The van der Waals surface area contributed by atoms with Crippen molar-refractivity contribution in [1.82, 2.24) is 0 Å². The van der Waals surface area contributed by atoms with Crippen molar-refractivity contribution in [2.75, 3.05) is 5.73 Å². The van der Waals surface area contributed by atoms with Crippen LogP contribution in [0.15, 0.2) is 42.5 Å². The van der Waals surface area contributed by atoms with Gasteiger partial charge in [-0.3, -0.25) is 20.2 Å². The number of hydrogen-bond donors (Lipinski definition) is 1. The lowest BCUT2D eigenvalue weighted by Crippen LogP contribution is -1.93. The van der Waals surface area contributed by atoms with Crippen LogP contribution in [-0.2, 0) is 0 Å². The molecule has 0 amide bonds. The normalized spacial score (nSPS) is 10.7. The maximum absolute atomic E-state index is 10.7. The zero-order valence-electron chi connectivity index (χ0n) is 10.8. The first kappa shape index (κ1) is 14.2. The Balaban J connectivity index is 2.33. The molecule has 0 aromatic heterocycles. The topological polar surface area (TPSA) is 112 Å². The molecule has 0 spiro atoms. The first-order chi connectivity index (χ1) is 9.97. The number of benzene rings is 2. The van der Waals surface area contributed by atoms with Gasteiger partial charge in [-0.05, 0) is 11.6 Å². The number of rotatable bonds is 4. The fourth-order valence-electron chi connectivity index (χ4n) is 1.75. The van der Waals surface area contributed by atoms with Crippen LogP contribution in [0.4, 0.5) is 17.1 Å². The number of non-ortho nitro benzene ring substituents is 2. The van der Waals surface area contributed by atoms with Crippen LogP contribution in [0.25, 0.3) is 12.2 Å². The number of nitrogens with zero attached hydrogens (tertiary/aromatic N) is 2. The van der Waals surface area contributed by atoms with Gasteiger partial charge < -0.3 is 5.73 Å². The van der Waals surface area contributed by atoms with E-state index < -0.39 is 9.85 Å². The summed E-state index contributed by atoms with van der Waals surface area (Å²) in [5.74, 6) is 0. The number of nitro benzene ring substituents is 2. The van der Waals surface area contributed by atoms with Crippen LogP contribution in [-0.4, -0.2) is 9.85 Å². The molecule has 7 nitrogen and oxygen atoms in total. The van der Waals surface area contributed by atoms with Gasteiger partial charge in [-0.1, -0.05) is 24.3 Å². The zero-order valence-corrected chi connectivity index (χ0v) is 10.8. The molecule has 0 saturated carbocycles. The Bertz CT molecular complexity index is 741. The summed E-state index contributed by atoms with van der Waals surface area (Å²) in [7, 11) is 0. The minimum atomic E-state index is -0.510. The van der Waals surface area contributed by atoms with Crippen LogP contribution in [0.2, 0.25) is 0 Å². The number of anilines is 1. The van der Waals surface area contributed by atoms with Crippen LogP contribution in [0.3, 0.4) is 0 Å². The zero-order chi connectivity index (χ0) is 15.4. The van der Waals surface area contributed by atoms with E-state index in [0.29, 0.717) is 16.8 Å². The highest BCUT2D eigenvalue weighted by atomic mass is 16.6. The molecule has 0 bridgehead atoms. The molecule has 0 atom stereocenters. The van der Waals surface area contributed by atoms with Crippen LogP contribution in [0.1, 0.15) is 11.1 Å². The molecular weight excluding hydrogens is 274 g/mol. The van der Waals surface area contributed by atoms with Crippen LogP contribution in [0.5, 0.6) is 0 Å². The molecule has 2 aromatic carbocycles. The third-order valence-corrected chi connectivity index (χ3v) is 2.82. The summed E-state index contributed by atoms with van der Waals surface area (Å²) in [5, 5.41) is 21.4. The van der Waals surface area contributed by atoms with Crippen molar-refractivity contribution in [3.05, 3.63) is 73.8 Å². The second-order valence-electron chi connectivity index (χ2n) is 4.26. The largest absolute Gasteiger partial charge is 0.398 e. The van der Waals surface area contributed by atoms with Gasteiger partial charge >= 0.3 is 0 Å². The standard InChI is InChI=1S/C14H11N3O4/c15-14-7-6-13(17(20)21)9-11(14)5-4-10-2-1-3-12(8-10)16(18)19/h1-9H,15H2. The average molecular weight is 285 g/mol. The summed E-state index contributed by atoms with van der Waals surface area (Å²) in [5.41, 5.74) is 7.14. The Morgan fingerprint density at radius 3 is 2.24 bits per heavy atom. The summed E-state index contributed by atoms with van der Waals surface area (Å²) < 4.78 is 0. The van der Waals surface area contributed by atoms with Gasteiger partial charge in [0.1, 0.15) is 0 Å². The molecule has 0 aliphatic heterocycles. The highest BCUT2D eigenvalue weighted by molar-refractivity contribution is 5.77. The van der Waals surface area contributed by atoms with Crippen molar-refractivity contribution in [2.45, 2.75) is 0 Å². The lowest BCUT2D eigenvalue weighted by Gasteiger charge is -2.00. The van der Waals surface area contributed by atoms with E-state index in [1.54, 1.807) is 24.3 Å². The van der Waals surface area contributed by atoms with Crippen molar-refractivity contribution >= 4 is 29.2 Å². The summed E-state index contributed by atoms with van der Waals surface area (Å²) in [6.45, 7) is 0. The molecule has 106 valence electrons. The highest BCUT2D eigenvalue weighted by Crippen LogP contribution is 2.22. The minimum absolute atomic E-state index is 0.0239. The van der Waals surface area contributed by atoms with Crippen LogP contribution in [0, 0.1) is 20.2 Å². The fourth-order valence-corrected chi connectivity index (χ4v) is 1.75. The molecular formula is C14H11N3O4. The van der Waals surface area contributed by atoms with Gasteiger partial charge in [-0.15, -0.1) is 0 Å². The maximum Gasteiger partial charge on any atom is 0.270 e. The Morgan fingerprint density at radius 1 is 0.905 bits per heavy atom. The molecule has 21 heavy (non-hydrogen) atoms. The molecule has 2 N–H and O–H groups in total. The van der Waals surface area contributed by atoms with E-state index in [1.165, 1.54) is 30.3 Å². The van der Waals surface area contributed by atoms with E-state index in [4.69, 9.17) is 5.73 Å². The van der Waals surface area contributed by atoms with E-state index in [2.05, 4.69) is 0 Å². The van der Waals surface area contributed by atoms with Crippen molar-refractivity contribution < 1.29 is 9.85 Å². The first-order valence-electron chi connectivity index (χ1n) is 5.94. The van der Waals surface area contributed by atoms with E-state index in [9.17, 15) is 20.2 Å². The van der Waals surface area contributed by atoms with Gasteiger partial charge in [0.15, 0.2) is 0 Å². The van der Waals surface area contributed by atoms with Crippen molar-refractivity contribution in [2.24, 2.45) is 0 Å². The Hall–Kier alpha value is -3.22. The van der Waals surface area contributed by atoms with Crippen LogP contribution >= 0.6 is 0 Å². The molecule has 0 aliphatic rings. The molecule has 0 fully saturated rings. The summed E-state index contributed by atoms with van der Waals surface area (Å²) in [6, 6.07) is 10.2. The molecule has 2 rings (SSSR count). The Morgan fingerprint density at radius 2 is 1.57 bits per heavy atom. The molecule has 0 saturated heterocycles. The lowest BCUT2D eigenvalue weighted by molar-refractivity contribution is -0.385. The second-order valence-corrected chi connectivity index (χ2v) is 4.26. The van der Waals surface area contributed by atoms with Crippen molar-refractivity contribution in [3.8, 4) is 0 Å². The van der Waals surface area contributed by atoms with E-state index in [0.717, 1.165) is 0 Å².